The first-order chi connectivity index (χ1) is 12.7. The minimum atomic E-state index is -0.111. The van der Waals surface area contributed by atoms with E-state index in [9.17, 15) is 4.79 Å². The van der Waals surface area contributed by atoms with E-state index in [1.807, 2.05) is 43.4 Å². The van der Waals surface area contributed by atoms with E-state index in [4.69, 9.17) is 4.74 Å². The Morgan fingerprint density at radius 3 is 2.62 bits per heavy atom. The van der Waals surface area contributed by atoms with Gasteiger partial charge < -0.3 is 10.1 Å². The molecule has 5 heteroatoms. The highest BCUT2D eigenvalue weighted by Gasteiger charge is 2.08. The Labute approximate surface area is 153 Å². The molecule has 26 heavy (non-hydrogen) atoms. The van der Waals surface area contributed by atoms with E-state index in [1.165, 1.54) is 5.56 Å². The highest BCUT2D eigenvalue weighted by molar-refractivity contribution is 5.94. The monoisotopic (exact) mass is 349 g/mol. The molecule has 1 aromatic heterocycles. The predicted octanol–water partition coefficient (Wildman–Crippen LogP) is 3.49. The molecule has 0 radical (unpaired) electrons. The van der Waals surface area contributed by atoms with Crippen LogP contribution in [0.15, 0.2) is 60.8 Å². The van der Waals surface area contributed by atoms with Crippen molar-refractivity contribution in [2.75, 3.05) is 0 Å². The Bertz CT molecular complexity index is 869. The van der Waals surface area contributed by atoms with Gasteiger partial charge >= 0.3 is 0 Å². The Morgan fingerprint density at radius 2 is 1.92 bits per heavy atom. The summed E-state index contributed by atoms with van der Waals surface area (Å²) in [5.41, 5.74) is 3.81. The molecule has 0 atom stereocenters. The number of nitrogens with zero attached hydrogens (tertiary/aromatic N) is 2. The standard InChI is InChI=1S/C21H23N3O2/c1-3-16-7-9-20(10-8-16)26-15-17-5-4-6-18(13-17)21(25)22-14-19-11-12-23-24(19)2/h4-13H,3,14-15H2,1-2H3,(H,22,25). The third kappa shape index (κ3) is 4.51. The van der Waals surface area contributed by atoms with Crippen molar-refractivity contribution in [2.45, 2.75) is 26.5 Å². The summed E-state index contributed by atoms with van der Waals surface area (Å²) in [6, 6.07) is 17.5. The molecule has 0 spiro atoms. The lowest BCUT2D eigenvalue weighted by atomic mass is 10.1. The maximum atomic E-state index is 12.4. The zero-order valence-corrected chi connectivity index (χ0v) is 15.1. The van der Waals surface area contributed by atoms with Crippen LogP contribution in [0.5, 0.6) is 5.75 Å². The summed E-state index contributed by atoms with van der Waals surface area (Å²) in [7, 11) is 1.85. The number of amides is 1. The quantitative estimate of drug-likeness (QED) is 0.710. The van der Waals surface area contributed by atoms with Gasteiger partial charge in [0, 0.05) is 18.8 Å². The van der Waals surface area contributed by atoms with Crippen LogP contribution in [0.1, 0.15) is 34.1 Å². The van der Waals surface area contributed by atoms with E-state index >= 15 is 0 Å². The van der Waals surface area contributed by atoms with Gasteiger partial charge in [0.25, 0.3) is 5.91 Å². The molecular weight excluding hydrogens is 326 g/mol. The van der Waals surface area contributed by atoms with Crippen LogP contribution in [0.4, 0.5) is 0 Å². The maximum absolute atomic E-state index is 12.4. The zero-order valence-electron chi connectivity index (χ0n) is 15.1. The Morgan fingerprint density at radius 1 is 1.12 bits per heavy atom. The molecule has 134 valence electrons. The first kappa shape index (κ1) is 17.7. The second kappa shape index (κ2) is 8.34. The Balaban J connectivity index is 1.58. The van der Waals surface area contributed by atoms with Crippen LogP contribution in [0.3, 0.4) is 0 Å². The van der Waals surface area contributed by atoms with E-state index in [-0.39, 0.29) is 5.91 Å². The molecule has 0 aliphatic rings. The van der Waals surface area contributed by atoms with E-state index in [1.54, 1.807) is 16.9 Å². The number of hydrogen-bond donors (Lipinski definition) is 1. The highest BCUT2D eigenvalue weighted by Crippen LogP contribution is 2.15. The Kier molecular flexibility index (Phi) is 5.69. The van der Waals surface area contributed by atoms with Crippen LogP contribution < -0.4 is 10.1 Å². The summed E-state index contributed by atoms with van der Waals surface area (Å²) in [5.74, 6) is 0.716. The molecule has 5 nitrogen and oxygen atoms in total. The first-order valence-corrected chi connectivity index (χ1v) is 8.71. The first-order valence-electron chi connectivity index (χ1n) is 8.71. The van der Waals surface area contributed by atoms with Crippen molar-refractivity contribution >= 4 is 5.91 Å². The van der Waals surface area contributed by atoms with Gasteiger partial charge in [0.15, 0.2) is 0 Å². The van der Waals surface area contributed by atoms with Gasteiger partial charge in [-0.25, -0.2) is 0 Å². The van der Waals surface area contributed by atoms with Crippen molar-refractivity contribution in [3.05, 3.63) is 83.2 Å². The largest absolute Gasteiger partial charge is 0.489 e. The summed E-state index contributed by atoms with van der Waals surface area (Å²) in [6.45, 7) is 2.99. The SMILES string of the molecule is CCc1ccc(OCc2cccc(C(=O)NCc3ccnn3C)c2)cc1. The van der Waals surface area contributed by atoms with Gasteiger partial charge in [0.2, 0.25) is 0 Å². The summed E-state index contributed by atoms with van der Waals surface area (Å²) in [4.78, 5) is 12.4. The van der Waals surface area contributed by atoms with Crippen LogP contribution >= 0.6 is 0 Å². The van der Waals surface area contributed by atoms with Crippen LogP contribution in [0, 0.1) is 0 Å². The van der Waals surface area contributed by atoms with Gasteiger partial charge in [-0.05, 0) is 47.9 Å². The smallest absolute Gasteiger partial charge is 0.251 e. The molecule has 0 aliphatic carbocycles. The van der Waals surface area contributed by atoms with Crippen LogP contribution in [0.2, 0.25) is 0 Å². The number of benzene rings is 2. The molecule has 0 saturated carbocycles. The van der Waals surface area contributed by atoms with Crippen LogP contribution in [-0.4, -0.2) is 15.7 Å². The van der Waals surface area contributed by atoms with Gasteiger partial charge in [-0.2, -0.15) is 5.10 Å². The lowest BCUT2D eigenvalue weighted by molar-refractivity contribution is 0.0950. The maximum Gasteiger partial charge on any atom is 0.251 e. The van der Waals surface area contributed by atoms with E-state index in [0.717, 1.165) is 23.4 Å². The number of nitrogens with one attached hydrogen (secondary N) is 1. The lowest BCUT2D eigenvalue weighted by Crippen LogP contribution is -2.24. The molecule has 0 unspecified atom stereocenters. The average Bonchev–Trinajstić information content (AvgIpc) is 3.10. The van der Waals surface area contributed by atoms with E-state index in [0.29, 0.717) is 18.7 Å². The van der Waals surface area contributed by atoms with E-state index in [2.05, 4.69) is 29.5 Å². The topological polar surface area (TPSA) is 56.1 Å². The van der Waals surface area contributed by atoms with Gasteiger partial charge in [-0.1, -0.05) is 31.2 Å². The van der Waals surface area contributed by atoms with Gasteiger partial charge in [-0.3, -0.25) is 9.48 Å². The number of aryl methyl sites for hydroxylation is 2. The molecule has 1 amide bonds. The van der Waals surface area contributed by atoms with Gasteiger partial charge in [0.1, 0.15) is 12.4 Å². The number of rotatable bonds is 7. The third-order valence-electron chi connectivity index (χ3n) is 4.28. The Hall–Kier alpha value is -3.08. The molecular formula is C21H23N3O2. The summed E-state index contributed by atoms with van der Waals surface area (Å²) >= 11 is 0. The van der Waals surface area contributed by atoms with Gasteiger partial charge in [0.05, 0.1) is 12.2 Å². The second-order valence-corrected chi connectivity index (χ2v) is 6.12. The molecule has 0 bridgehead atoms. The number of carbonyl (C=O) groups is 1. The fraction of sp³-hybridized carbons (Fsp3) is 0.238. The summed E-state index contributed by atoms with van der Waals surface area (Å²) in [5, 5.41) is 7.01. The number of ether oxygens (including phenoxy) is 1. The number of hydrogen-bond acceptors (Lipinski definition) is 3. The van der Waals surface area contributed by atoms with Crippen molar-refractivity contribution < 1.29 is 9.53 Å². The molecule has 2 aromatic carbocycles. The molecule has 3 rings (SSSR count). The molecule has 1 N–H and O–H groups in total. The fourth-order valence-corrected chi connectivity index (χ4v) is 2.64. The summed E-state index contributed by atoms with van der Waals surface area (Å²) < 4.78 is 7.56. The zero-order chi connectivity index (χ0) is 18.4. The van der Waals surface area contributed by atoms with Crippen molar-refractivity contribution in [1.82, 2.24) is 15.1 Å². The molecule has 0 saturated heterocycles. The third-order valence-corrected chi connectivity index (χ3v) is 4.28. The molecule has 1 heterocycles. The summed E-state index contributed by atoms with van der Waals surface area (Å²) in [6.07, 6.45) is 2.72. The van der Waals surface area contributed by atoms with Crippen molar-refractivity contribution in [3.8, 4) is 5.75 Å². The van der Waals surface area contributed by atoms with Gasteiger partial charge in [-0.15, -0.1) is 0 Å². The minimum absolute atomic E-state index is 0.111. The molecule has 3 aromatic rings. The highest BCUT2D eigenvalue weighted by atomic mass is 16.5. The van der Waals surface area contributed by atoms with Crippen molar-refractivity contribution in [2.24, 2.45) is 7.05 Å². The lowest BCUT2D eigenvalue weighted by Gasteiger charge is -2.09. The average molecular weight is 349 g/mol. The van der Waals surface area contributed by atoms with E-state index < -0.39 is 0 Å². The van der Waals surface area contributed by atoms with Crippen LogP contribution in [-0.2, 0) is 26.6 Å². The second-order valence-electron chi connectivity index (χ2n) is 6.12. The predicted molar refractivity (Wildman–Crippen MR) is 101 cm³/mol. The normalized spacial score (nSPS) is 10.5. The van der Waals surface area contributed by atoms with Crippen LogP contribution in [0.25, 0.3) is 0 Å². The molecule has 0 fully saturated rings. The number of carbonyl (C=O) groups excluding carboxylic acids is 1. The fourth-order valence-electron chi connectivity index (χ4n) is 2.64. The van der Waals surface area contributed by atoms with Crippen molar-refractivity contribution in [1.29, 1.82) is 0 Å². The molecule has 0 aliphatic heterocycles. The van der Waals surface area contributed by atoms with Crippen molar-refractivity contribution in [3.63, 3.8) is 0 Å². The minimum Gasteiger partial charge on any atom is -0.489 e. The number of aromatic nitrogens is 2.